The van der Waals surface area contributed by atoms with Gasteiger partial charge in [-0.05, 0) is 35.7 Å². The lowest BCUT2D eigenvalue weighted by Crippen LogP contribution is -2.18. The molecule has 0 fully saturated rings. The van der Waals surface area contributed by atoms with Crippen molar-refractivity contribution in [3.63, 3.8) is 0 Å². The minimum atomic E-state index is -0.382. The van der Waals surface area contributed by atoms with E-state index in [-0.39, 0.29) is 5.91 Å². The van der Waals surface area contributed by atoms with Crippen LogP contribution < -0.4 is 14.9 Å². The number of ether oxygens (including phenoxy) is 2. The van der Waals surface area contributed by atoms with Gasteiger partial charge in [0.05, 0.1) is 35.5 Å². The molecule has 0 saturated heterocycles. The number of carbonyl (C=O) groups excluding carboxylic acids is 1. The zero-order valence-corrected chi connectivity index (χ0v) is 16.3. The Morgan fingerprint density at radius 2 is 1.88 bits per heavy atom. The summed E-state index contributed by atoms with van der Waals surface area (Å²) in [5.41, 5.74) is 3.47. The van der Waals surface area contributed by atoms with Gasteiger partial charge >= 0.3 is 0 Å². The third kappa shape index (κ3) is 5.38. The van der Waals surface area contributed by atoms with Gasteiger partial charge in [0.1, 0.15) is 5.75 Å². The maximum Gasteiger partial charge on any atom is 0.275 e. The van der Waals surface area contributed by atoms with Crippen LogP contribution in [-0.4, -0.2) is 25.8 Å². The molecule has 0 aromatic heterocycles. The summed E-state index contributed by atoms with van der Waals surface area (Å²) >= 11 is 12.4. The molecule has 0 spiro atoms. The summed E-state index contributed by atoms with van der Waals surface area (Å²) in [7, 11) is 1.50. The van der Waals surface area contributed by atoms with Crippen LogP contribution in [0.2, 0.25) is 10.0 Å². The number of para-hydroxylation sites is 1. The largest absolute Gasteiger partial charge is 0.496 e. The second-order valence-electron chi connectivity index (χ2n) is 5.92. The SMILES string of the molecule is COc1ccccc1C(=O)N/N=C/c1cc(Cl)c(OCC(C)C)c(Cl)c1. The highest BCUT2D eigenvalue weighted by molar-refractivity contribution is 6.37. The van der Waals surface area contributed by atoms with Crippen molar-refractivity contribution in [2.45, 2.75) is 13.8 Å². The summed E-state index contributed by atoms with van der Waals surface area (Å²) in [6, 6.07) is 10.2. The fourth-order valence-corrected chi connectivity index (χ4v) is 2.71. The Bertz CT molecular complexity index is 784. The lowest BCUT2D eigenvalue weighted by atomic mass is 10.2. The number of amides is 1. The zero-order chi connectivity index (χ0) is 19.1. The molecule has 2 aromatic rings. The number of hydrogen-bond donors (Lipinski definition) is 1. The molecule has 2 rings (SSSR count). The summed E-state index contributed by atoms with van der Waals surface area (Å²) < 4.78 is 10.8. The van der Waals surface area contributed by atoms with E-state index in [1.165, 1.54) is 13.3 Å². The molecule has 7 heteroatoms. The molecule has 0 bridgehead atoms. The monoisotopic (exact) mass is 394 g/mol. The predicted octanol–water partition coefficient (Wildman–Crippen LogP) is 4.80. The van der Waals surface area contributed by atoms with Crippen LogP contribution in [-0.2, 0) is 0 Å². The first kappa shape index (κ1) is 20.1. The topological polar surface area (TPSA) is 59.9 Å². The molecular weight excluding hydrogens is 375 g/mol. The Balaban J connectivity index is 2.07. The summed E-state index contributed by atoms with van der Waals surface area (Å²) in [4.78, 5) is 12.2. The standard InChI is InChI=1S/C19H20Cl2N2O3/c1-12(2)11-26-18-15(20)8-13(9-16(18)21)10-22-23-19(24)14-6-4-5-7-17(14)25-3/h4-10,12H,11H2,1-3H3,(H,23,24)/b22-10+. The minimum absolute atomic E-state index is 0.355. The first-order valence-electron chi connectivity index (χ1n) is 8.00. The maximum atomic E-state index is 12.2. The average Bonchev–Trinajstić information content (AvgIpc) is 2.60. The first-order chi connectivity index (χ1) is 12.4. The highest BCUT2D eigenvalue weighted by atomic mass is 35.5. The molecule has 2 aromatic carbocycles. The number of methoxy groups -OCH3 is 1. The number of carbonyl (C=O) groups is 1. The number of nitrogens with one attached hydrogen (secondary N) is 1. The Kier molecular flexibility index (Phi) is 7.30. The van der Waals surface area contributed by atoms with Gasteiger partial charge in [0.2, 0.25) is 0 Å². The number of halogens is 2. The zero-order valence-electron chi connectivity index (χ0n) is 14.8. The van der Waals surface area contributed by atoms with E-state index in [1.807, 2.05) is 13.8 Å². The van der Waals surface area contributed by atoms with Gasteiger partial charge in [-0.1, -0.05) is 49.2 Å². The highest BCUT2D eigenvalue weighted by Crippen LogP contribution is 2.34. The van der Waals surface area contributed by atoms with E-state index in [4.69, 9.17) is 32.7 Å². The summed E-state index contributed by atoms with van der Waals surface area (Å²) in [5.74, 6) is 0.886. The van der Waals surface area contributed by atoms with Crippen molar-refractivity contribution in [3.8, 4) is 11.5 Å². The fourth-order valence-electron chi connectivity index (χ4n) is 2.10. The van der Waals surface area contributed by atoms with Gasteiger partial charge in [0.25, 0.3) is 5.91 Å². The van der Waals surface area contributed by atoms with Crippen LogP contribution in [0.25, 0.3) is 0 Å². The maximum absolute atomic E-state index is 12.2. The number of rotatable bonds is 7. The molecule has 138 valence electrons. The summed E-state index contributed by atoms with van der Waals surface area (Å²) in [6.45, 7) is 4.59. The molecule has 0 atom stereocenters. The second kappa shape index (κ2) is 9.46. The lowest BCUT2D eigenvalue weighted by Gasteiger charge is -2.12. The van der Waals surface area contributed by atoms with Gasteiger partial charge in [0.15, 0.2) is 5.75 Å². The quantitative estimate of drug-likeness (QED) is 0.541. The molecule has 0 heterocycles. The Morgan fingerprint density at radius 3 is 2.50 bits per heavy atom. The predicted molar refractivity (Wildman–Crippen MR) is 105 cm³/mol. The summed E-state index contributed by atoms with van der Waals surface area (Å²) in [6.07, 6.45) is 1.46. The second-order valence-corrected chi connectivity index (χ2v) is 6.73. The van der Waals surface area contributed by atoms with Crippen LogP contribution in [0.3, 0.4) is 0 Å². The van der Waals surface area contributed by atoms with E-state index in [9.17, 15) is 4.79 Å². The molecule has 0 saturated carbocycles. The number of benzene rings is 2. The van der Waals surface area contributed by atoms with Gasteiger partial charge < -0.3 is 9.47 Å². The highest BCUT2D eigenvalue weighted by Gasteiger charge is 2.11. The van der Waals surface area contributed by atoms with Crippen molar-refractivity contribution in [2.24, 2.45) is 11.0 Å². The van der Waals surface area contributed by atoms with Crippen LogP contribution in [0.15, 0.2) is 41.5 Å². The molecule has 26 heavy (non-hydrogen) atoms. The van der Waals surface area contributed by atoms with Crippen LogP contribution in [0.1, 0.15) is 29.8 Å². The van der Waals surface area contributed by atoms with Gasteiger partial charge in [-0.25, -0.2) is 5.43 Å². The fraction of sp³-hybridized carbons (Fsp3) is 0.263. The third-order valence-corrected chi connectivity index (χ3v) is 3.87. The average molecular weight is 395 g/mol. The molecule has 0 unspecified atom stereocenters. The molecule has 0 aliphatic heterocycles. The normalized spacial score (nSPS) is 11.0. The molecule has 1 amide bonds. The summed E-state index contributed by atoms with van der Waals surface area (Å²) in [5, 5.41) is 4.71. The molecule has 1 N–H and O–H groups in total. The molecular formula is C19H20Cl2N2O3. The lowest BCUT2D eigenvalue weighted by molar-refractivity contribution is 0.0952. The van der Waals surface area contributed by atoms with Crippen molar-refractivity contribution < 1.29 is 14.3 Å². The number of hydrazone groups is 1. The molecule has 0 aliphatic carbocycles. The van der Waals surface area contributed by atoms with Crippen molar-refractivity contribution in [3.05, 3.63) is 57.6 Å². The van der Waals surface area contributed by atoms with E-state index >= 15 is 0 Å². The number of hydrogen-bond acceptors (Lipinski definition) is 4. The van der Waals surface area contributed by atoms with Gasteiger partial charge in [0, 0.05) is 0 Å². The van der Waals surface area contributed by atoms with Crippen LogP contribution in [0.5, 0.6) is 11.5 Å². The van der Waals surface area contributed by atoms with Crippen molar-refractivity contribution in [1.29, 1.82) is 0 Å². The Hall–Kier alpha value is -2.24. The van der Waals surface area contributed by atoms with Crippen LogP contribution >= 0.6 is 23.2 Å². The Labute approximate surface area is 162 Å². The van der Waals surface area contributed by atoms with Gasteiger partial charge in [-0.15, -0.1) is 0 Å². The van der Waals surface area contributed by atoms with E-state index in [0.29, 0.717) is 45.2 Å². The van der Waals surface area contributed by atoms with E-state index in [1.54, 1.807) is 36.4 Å². The first-order valence-corrected chi connectivity index (χ1v) is 8.76. The Morgan fingerprint density at radius 1 is 1.23 bits per heavy atom. The van der Waals surface area contributed by atoms with E-state index in [2.05, 4.69) is 10.5 Å². The van der Waals surface area contributed by atoms with Gasteiger partial charge in [-0.2, -0.15) is 5.10 Å². The van der Waals surface area contributed by atoms with Crippen molar-refractivity contribution >= 4 is 35.3 Å². The van der Waals surface area contributed by atoms with Gasteiger partial charge in [-0.3, -0.25) is 4.79 Å². The number of nitrogens with zero attached hydrogens (tertiary/aromatic N) is 1. The smallest absolute Gasteiger partial charge is 0.275 e. The van der Waals surface area contributed by atoms with Crippen molar-refractivity contribution in [1.82, 2.24) is 5.43 Å². The van der Waals surface area contributed by atoms with Crippen LogP contribution in [0.4, 0.5) is 0 Å². The van der Waals surface area contributed by atoms with E-state index < -0.39 is 0 Å². The minimum Gasteiger partial charge on any atom is -0.496 e. The van der Waals surface area contributed by atoms with Crippen molar-refractivity contribution in [2.75, 3.05) is 13.7 Å². The van der Waals surface area contributed by atoms with E-state index in [0.717, 1.165) is 0 Å². The third-order valence-electron chi connectivity index (χ3n) is 3.31. The molecule has 5 nitrogen and oxygen atoms in total. The van der Waals surface area contributed by atoms with Crippen LogP contribution in [0, 0.1) is 5.92 Å². The molecule has 0 aliphatic rings. The molecule has 0 radical (unpaired) electrons.